The number of hydrogen-bond donors (Lipinski definition) is 1. The number of Topliss-reactive ketones (excluding diaryl/α,β-unsaturated/α-hetero) is 1. The minimum absolute atomic E-state index is 0.207. The fraction of sp³-hybridized carbons (Fsp3) is 0. The summed E-state index contributed by atoms with van der Waals surface area (Å²) in [5, 5.41) is 0. The van der Waals surface area contributed by atoms with Gasteiger partial charge in [-0.2, -0.15) is 0 Å². The van der Waals surface area contributed by atoms with Gasteiger partial charge in [0, 0.05) is 6.08 Å². The Bertz CT molecular complexity index is 966. The van der Waals surface area contributed by atoms with E-state index >= 15 is 0 Å². The number of aromatic nitrogens is 1. The van der Waals surface area contributed by atoms with Crippen molar-refractivity contribution in [2.24, 2.45) is 0 Å². The first-order chi connectivity index (χ1) is 10.6. The van der Waals surface area contributed by atoms with Crippen molar-refractivity contribution in [1.29, 1.82) is 0 Å². The van der Waals surface area contributed by atoms with E-state index < -0.39 is 0 Å². The molecule has 0 spiro atoms. The van der Waals surface area contributed by atoms with Crippen LogP contribution in [0.5, 0.6) is 0 Å². The third-order valence-electron chi connectivity index (χ3n) is 2.87. The molecule has 0 atom stereocenters. The maximum Gasteiger partial charge on any atom is 0.266 e. The van der Waals surface area contributed by atoms with E-state index in [1.54, 1.807) is 30.3 Å². The Morgan fingerprint density at radius 1 is 1.23 bits per heavy atom. The Kier molecular flexibility index (Phi) is 3.84. The average Bonchev–Trinajstić information content (AvgIpc) is 3.12. The maximum atomic E-state index is 12.9. The van der Waals surface area contributed by atoms with E-state index in [-0.39, 0.29) is 22.9 Å². The highest BCUT2D eigenvalue weighted by molar-refractivity contribution is 7.07. The van der Waals surface area contributed by atoms with Gasteiger partial charge in [0.1, 0.15) is 5.82 Å². The Morgan fingerprint density at radius 2 is 2.00 bits per heavy atom. The van der Waals surface area contributed by atoms with Gasteiger partial charge >= 0.3 is 0 Å². The summed E-state index contributed by atoms with van der Waals surface area (Å²) in [6, 6.07) is 8.96. The van der Waals surface area contributed by atoms with Gasteiger partial charge in [0.25, 0.3) is 5.56 Å². The lowest BCUT2D eigenvalue weighted by Crippen LogP contribution is -2.19. The highest BCUT2D eigenvalue weighted by atomic mass is 32.1. The second-order valence-corrected chi connectivity index (χ2v) is 5.55. The average molecular weight is 315 g/mol. The standard InChI is InChI=1S/C16H10FNO3S/c17-11-5-3-10(4-6-11)8-14-16(20)18-15(22-14)9-12(19)13-2-1-7-21-13/h1-9H,(H,18,20)/b14-8-,15-9-. The second-order valence-electron chi connectivity index (χ2n) is 4.47. The van der Waals surface area contributed by atoms with Crippen LogP contribution in [0.1, 0.15) is 16.1 Å². The monoisotopic (exact) mass is 315 g/mol. The molecule has 1 N–H and O–H groups in total. The van der Waals surface area contributed by atoms with Gasteiger partial charge in [0.2, 0.25) is 5.78 Å². The second kappa shape index (κ2) is 5.95. The van der Waals surface area contributed by atoms with Crippen LogP contribution >= 0.6 is 11.3 Å². The highest BCUT2D eigenvalue weighted by Gasteiger charge is 2.05. The fourth-order valence-electron chi connectivity index (χ4n) is 1.84. The van der Waals surface area contributed by atoms with E-state index in [0.29, 0.717) is 14.8 Å². The molecule has 2 aromatic heterocycles. The number of aromatic amines is 1. The highest BCUT2D eigenvalue weighted by Crippen LogP contribution is 2.03. The molecular formula is C16H10FNO3S. The predicted molar refractivity (Wildman–Crippen MR) is 81.7 cm³/mol. The van der Waals surface area contributed by atoms with Crippen LogP contribution in [-0.2, 0) is 0 Å². The first kappa shape index (κ1) is 14.2. The van der Waals surface area contributed by atoms with Crippen LogP contribution in [0, 0.1) is 5.82 Å². The van der Waals surface area contributed by atoms with E-state index in [1.807, 2.05) is 0 Å². The van der Waals surface area contributed by atoms with E-state index in [9.17, 15) is 14.0 Å². The molecule has 3 rings (SSSR count). The van der Waals surface area contributed by atoms with Gasteiger partial charge in [-0.15, -0.1) is 11.3 Å². The van der Waals surface area contributed by atoms with Crippen LogP contribution in [-0.4, -0.2) is 10.8 Å². The molecular weight excluding hydrogens is 305 g/mol. The van der Waals surface area contributed by atoms with Gasteiger partial charge in [-0.1, -0.05) is 12.1 Å². The van der Waals surface area contributed by atoms with Gasteiger partial charge in [-0.3, -0.25) is 9.59 Å². The summed E-state index contributed by atoms with van der Waals surface area (Å²) >= 11 is 1.15. The summed E-state index contributed by atoms with van der Waals surface area (Å²) in [6.45, 7) is 0. The number of halogens is 1. The molecule has 110 valence electrons. The first-order valence-corrected chi connectivity index (χ1v) is 7.19. The van der Waals surface area contributed by atoms with Gasteiger partial charge in [0.05, 0.1) is 15.5 Å². The summed E-state index contributed by atoms with van der Waals surface area (Å²) in [5.74, 6) is -0.454. The molecule has 0 unspecified atom stereocenters. The van der Waals surface area contributed by atoms with Crippen molar-refractivity contribution in [2.75, 3.05) is 0 Å². The number of hydrogen-bond acceptors (Lipinski definition) is 4. The normalized spacial score (nSPS) is 12.8. The molecule has 3 aromatic rings. The number of rotatable bonds is 3. The SMILES string of the molecule is O=C(/C=c1/[nH]c(=O)/c(=C/c2ccc(F)cc2)s1)c1ccco1. The number of carbonyl (C=O) groups is 1. The molecule has 6 heteroatoms. The predicted octanol–water partition coefficient (Wildman–Crippen LogP) is 1.66. The zero-order valence-electron chi connectivity index (χ0n) is 11.2. The molecule has 0 amide bonds. The van der Waals surface area contributed by atoms with Crippen LogP contribution in [0.2, 0.25) is 0 Å². The van der Waals surface area contributed by atoms with E-state index in [1.165, 1.54) is 24.5 Å². The summed E-state index contributed by atoms with van der Waals surface area (Å²) in [5.41, 5.74) is 0.408. The summed E-state index contributed by atoms with van der Waals surface area (Å²) in [4.78, 5) is 26.4. The minimum Gasteiger partial charge on any atom is -0.461 e. The van der Waals surface area contributed by atoms with E-state index in [2.05, 4.69) is 4.98 Å². The minimum atomic E-state index is -0.338. The molecule has 0 bridgehead atoms. The molecule has 1 aromatic carbocycles. The van der Waals surface area contributed by atoms with Crippen molar-refractivity contribution < 1.29 is 13.6 Å². The number of carbonyl (C=O) groups excluding carboxylic acids is 1. The molecule has 2 heterocycles. The maximum absolute atomic E-state index is 12.9. The Labute approximate surface area is 127 Å². The molecule has 0 saturated heterocycles. The molecule has 0 saturated carbocycles. The number of nitrogens with one attached hydrogen (secondary N) is 1. The van der Waals surface area contributed by atoms with Crippen LogP contribution < -0.4 is 14.8 Å². The Hall–Kier alpha value is -2.73. The van der Waals surface area contributed by atoms with Crippen LogP contribution in [0.3, 0.4) is 0 Å². The Balaban J connectivity index is 1.99. The van der Waals surface area contributed by atoms with Crippen molar-refractivity contribution in [1.82, 2.24) is 4.98 Å². The Morgan fingerprint density at radius 3 is 2.68 bits per heavy atom. The summed E-state index contributed by atoms with van der Waals surface area (Å²) < 4.78 is 18.7. The van der Waals surface area contributed by atoms with Crippen LogP contribution in [0.4, 0.5) is 4.39 Å². The smallest absolute Gasteiger partial charge is 0.266 e. The molecule has 22 heavy (non-hydrogen) atoms. The van der Waals surface area contributed by atoms with Gasteiger partial charge < -0.3 is 9.40 Å². The van der Waals surface area contributed by atoms with Crippen molar-refractivity contribution in [3.05, 3.63) is 79.4 Å². The molecule has 0 radical (unpaired) electrons. The van der Waals surface area contributed by atoms with Gasteiger partial charge in [-0.25, -0.2) is 4.39 Å². The first-order valence-electron chi connectivity index (χ1n) is 6.38. The number of H-pyrrole nitrogens is 1. The number of benzene rings is 1. The third-order valence-corrected chi connectivity index (χ3v) is 3.84. The molecule has 0 fully saturated rings. The van der Waals surface area contributed by atoms with E-state index in [4.69, 9.17) is 4.42 Å². The van der Waals surface area contributed by atoms with Crippen molar-refractivity contribution in [3.63, 3.8) is 0 Å². The largest absolute Gasteiger partial charge is 0.461 e. The lowest BCUT2D eigenvalue weighted by molar-refractivity contribution is 0.103. The number of thiazole rings is 1. The molecule has 0 aliphatic rings. The lowest BCUT2D eigenvalue weighted by Gasteiger charge is -1.90. The molecule has 0 aliphatic carbocycles. The summed E-state index contributed by atoms with van der Waals surface area (Å²) in [6.07, 6.45) is 4.36. The van der Waals surface area contributed by atoms with Gasteiger partial charge in [0.15, 0.2) is 5.76 Å². The van der Waals surface area contributed by atoms with Crippen molar-refractivity contribution >= 4 is 29.3 Å². The lowest BCUT2D eigenvalue weighted by atomic mass is 10.2. The van der Waals surface area contributed by atoms with Crippen molar-refractivity contribution in [3.8, 4) is 0 Å². The molecule has 0 aliphatic heterocycles. The third kappa shape index (κ3) is 3.12. The molecule has 4 nitrogen and oxygen atoms in total. The number of ketones is 1. The van der Waals surface area contributed by atoms with Crippen molar-refractivity contribution in [2.45, 2.75) is 0 Å². The van der Waals surface area contributed by atoms with Gasteiger partial charge in [-0.05, 0) is 35.9 Å². The zero-order chi connectivity index (χ0) is 15.5. The summed E-state index contributed by atoms with van der Waals surface area (Å²) in [7, 11) is 0. The van der Waals surface area contributed by atoms with E-state index in [0.717, 1.165) is 11.3 Å². The quantitative estimate of drug-likeness (QED) is 0.748. The topological polar surface area (TPSA) is 63.1 Å². The van der Waals surface area contributed by atoms with Crippen LogP contribution in [0.15, 0.2) is 51.9 Å². The fourth-order valence-corrected chi connectivity index (χ4v) is 2.73. The number of furan rings is 1. The van der Waals surface area contributed by atoms with Crippen LogP contribution in [0.25, 0.3) is 12.2 Å². The zero-order valence-corrected chi connectivity index (χ0v) is 12.0.